The fraction of sp³-hybridized carbons (Fsp3) is 0.556. The third-order valence-corrected chi connectivity index (χ3v) is 4.49. The second kappa shape index (κ2) is 7.30. The molecule has 0 bridgehead atoms. The Kier molecular flexibility index (Phi) is 5.65. The predicted molar refractivity (Wildman–Crippen MR) is 80.9 cm³/mol. The molecule has 1 aliphatic rings. The van der Waals surface area contributed by atoms with E-state index in [1.54, 1.807) is 6.07 Å². The van der Waals surface area contributed by atoms with Crippen molar-refractivity contribution in [1.29, 1.82) is 0 Å². The van der Waals surface area contributed by atoms with Gasteiger partial charge < -0.3 is 0 Å². The summed E-state index contributed by atoms with van der Waals surface area (Å²) in [6.07, 6.45) is 3.24. The molecule has 0 unspecified atom stereocenters. The van der Waals surface area contributed by atoms with Gasteiger partial charge in [0.15, 0.2) is 0 Å². The number of benzene rings is 1. The average Bonchev–Trinajstić information content (AvgIpc) is 2.45. The highest BCUT2D eigenvalue weighted by atomic mass is 19.4. The maximum atomic E-state index is 13.8. The summed E-state index contributed by atoms with van der Waals surface area (Å²) in [7, 11) is 0. The molecule has 0 atom stereocenters. The first-order valence-corrected chi connectivity index (χ1v) is 7.88. The molecule has 0 spiro atoms. The largest absolute Gasteiger partial charge is 0.409 e. The topological polar surface area (TPSA) is 0 Å². The zero-order valence-electron chi connectivity index (χ0n) is 12.8. The number of alkyl halides is 3. The molecule has 0 N–H and O–H groups in total. The highest BCUT2D eigenvalue weighted by Gasteiger charge is 2.22. The van der Waals surface area contributed by atoms with Crippen molar-refractivity contribution in [1.82, 2.24) is 0 Å². The second-order valence-corrected chi connectivity index (χ2v) is 6.40. The molecule has 1 aromatic carbocycles. The predicted octanol–water partition coefficient (Wildman–Crippen LogP) is 6.16. The Balaban J connectivity index is 1.90. The Morgan fingerprint density at radius 2 is 1.82 bits per heavy atom. The van der Waals surface area contributed by atoms with Gasteiger partial charge in [0.25, 0.3) is 0 Å². The summed E-state index contributed by atoms with van der Waals surface area (Å²) in [6.45, 7) is 2.28. The summed E-state index contributed by atoms with van der Waals surface area (Å²) in [5.74, 6) is 0.924. The Bertz CT molecular complexity index is 508. The lowest BCUT2D eigenvalue weighted by molar-refractivity contribution is -0.0790. The normalized spacial score (nSPS) is 23.1. The molecule has 22 heavy (non-hydrogen) atoms. The lowest BCUT2D eigenvalue weighted by atomic mass is 9.80. The molecular formula is C18H22F4. The fourth-order valence-electron chi connectivity index (χ4n) is 3.03. The van der Waals surface area contributed by atoms with Gasteiger partial charge in [0, 0.05) is 11.6 Å². The summed E-state index contributed by atoms with van der Waals surface area (Å²) in [4.78, 5) is 0. The molecule has 0 nitrogen and oxygen atoms in total. The summed E-state index contributed by atoms with van der Waals surface area (Å²) < 4.78 is 50.1. The van der Waals surface area contributed by atoms with Crippen LogP contribution in [0.2, 0.25) is 0 Å². The molecule has 1 fully saturated rings. The molecule has 0 amide bonds. The first kappa shape index (κ1) is 17.0. The number of hydrogen-bond donors (Lipinski definition) is 0. The maximum absolute atomic E-state index is 13.8. The van der Waals surface area contributed by atoms with Crippen LogP contribution in [0, 0.1) is 17.7 Å². The van der Waals surface area contributed by atoms with Crippen LogP contribution < -0.4 is 0 Å². The van der Waals surface area contributed by atoms with Gasteiger partial charge in [-0.2, -0.15) is 13.2 Å². The molecule has 2 rings (SSSR count). The van der Waals surface area contributed by atoms with Crippen molar-refractivity contribution in [2.75, 3.05) is 0 Å². The van der Waals surface area contributed by atoms with Gasteiger partial charge in [-0.15, -0.1) is 0 Å². The molecule has 1 aliphatic carbocycles. The first-order chi connectivity index (χ1) is 10.3. The van der Waals surface area contributed by atoms with Gasteiger partial charge in [0.05, 0.1) is 0 Å². The van der Waals surface area contributed by atoms with Crippen molar-refractivity contribution >= 4 is 6.08 Å². The van der Waals surface area contributed by atoms with Crippen molar-refractivity contribution in [3.63, 3.8) is 0 Å². The highest BCUT2D eigenvalue weighted by Crippen LogP contribution is 2.31. The molecule has 0 radical (unpaired) electrons. The van der Waals surface area contributed by atoms with E-state index in [9.17, 15) is 17.6 Å². The number of halogens is 4. The third kappa shape index (κ3) is 5.47. The van der Waals surface area contributed by atoms with E-state index in [-0.39, 0.29) is 11.6 Å². The van der Waals surface area contributed by atoms with Crippen molar-refractivity contribution in [3.8, 4) is 0 Å². The van der Waals surface area contributed by atoms with Gasteiger partial charge in [0.2, 0.25) is 0 Å². The summed E-state index contributed by atoms with van der Waals surface area (Å²) >= 11 is 0. The second-order valence-electron chi connectivity index (χ2n) is 6.40. The van der Waals surface area contributed by atoms with E-state index in [0.29, 0.717) is 5.92 Å². The third-order valence-electron chi connectivity index (χ3n) is 4.49. The van der Waals surface area contributed by atoms with E-state index in [1.165, 1.54) is 37.8 Å². The molecule has 1 saturated carbocycles. The molecule has 122 valence electrons. The monoisotopic (exact) mass is 314 g/mol. The average molecular weight is 314 g/mol. The number of aryl methyl sites for hydroxylation is 1. The van der Waals surface area contributed by atoms with E-state index in [4.69, 9.17) is 0 Å². The van der Waals surface area contributed by atoms with Crippen LogP contribution in [0.3, 0.4) is 0 Å². The van der Waals surface area contributed by atoms with Crippen LogP contribution in [0.1, 0.15) is 50.2 Å². The van der Waals surface area contributed by atoms with Crippen LogP contribution in [-0.2, 0) is 6.42 Å². The lowest BCUT2D eigenvalue weighted by Gasteiger charge is -2.26. The molecule has 0 aromatic heterocycles. The standard InChI is InChI=1S/C18H22F4/c1-13-2-4-14(5-3-13)6-7-15-8-9-16(17(19)12-15)10-11-18(20,21)22/h8-14H,2-7H2,1H3/b11-10+. The van der Waals surface area contributed by atoms with Gasteiger partial charge in [0.1, 0.15) is 5.82 Å². The Hall–Kier alpha value is -1.32. The van der Waals surface area contributed by atoms with Crippen LogP contribution in [-0.4, -0.2) is 6.18 Å². The van der Waals surface area contributed by atoms with Gasteiger partial charge >= 0.3 is 6.18 Å². The molecular weight excluding hydrogens is 292 g/mol. The van der Waals surface area contributed by atoms with Crippen LogP contribution in [0.4, 0.5) is 17.6 Å². The van der Waals surface area contributed by atoms with Gasteiger partial charge in [-0.25, -0.2) is 4.39 Å². The Morgan fingerprint density at radius 3 is 2.41 bits per heavy atom. The molecule has 4 heteroatoms. The quantitative estimate of drug-likeness (QED) is 0.584. The van der Waals surface area contributed by atoms with E-state index in [0.717, 1.165) is 30.4 Å². The minimum atomic E-state index is -4.41. The SMILES string of the molecule is CC1CCC(CCc2ccc(/C=C/C(F)(F)F)c(F)c2)CC1. The van der Waals surface area contributed by atoms with Crippen molar-refractivity contribution in [2.24, 2.45) is 11.8 Å². The zero-order valence-corrected chi connectivity index (χ0v) is 12.8. The summed E-state index contributed by atoms with van der Waals surface area (Å²) in [5.41, 5.74) is 0.841. The smallest absolute Gasteiger partial charge is 0.206 e. The number of rotatable bonds is 4. The Labute approximate surface area is 129 Å². The Morgan fingerprint density at radius 1 is 1.14 bits per heavy atom. The first-order valence-electron chi connectivity index (χ1n) is 7.88. The van der Waals surface area contributed by atoms with Crippen LogP contribution in [0.25, 0.3) is 6.08 Å². The number of hydrogen-bond acceptors (Lipinski definition) is 0. The minimum Gasteiger partial charge on any atom is -0.206 e. The highest BCUT2D eigenvalue weighted by molar-refractivity contribution is 5.51. The molecule has 0 aliphatic heterocycles. The fourth-order valence-corrected chi connectivity index (χ4v) is 3.03. The minimum absolute atomic E-state index is 0.0208. The molecule has 0 saturated heterocycles. The van der Waals surface area contributed by atoms with Gasteiger partial charge in [-0.05, 0) is 42.4 Å². The summed E-state index contributed by atoms with van der Waals surface area (Å²) in [6, 6.07) is 4.52. The molecule has 0 heterocycles. The van der Waals surface area contributed by atoms with Gasteiger partial charge in [-0.3, -0.25) is 0 Å². The lowest BCUT2D eigenvalue weighted by Crippen LogP contribution is -2.12. The zero-order chi connectivity index (χ0) is 16.2. The van der Waals surface area contributed by atoms with Gasteiger partial charge in [-0.1, -0.05) is 44.7 Å². The van der Waals surface area contributed by atoms with E-state index >= 15 is 0 Å². The van der Waals surface area contributed by atoms with E-state index in [2.05, 4.69) is 6.92 Å². The van der Waals surface area contributed by atoms with Crippen molar-refractivity contribution < 1.29 is 17.6 Å². The van der Waals surface area contributed by atoms with E-state index < -0.39 is 12.0 Å². The van der Waals surface area contributed by atoms with Crippen LogP contribution in [0.15, 0.2) is 24.3 Å². The molecule has 1 aromatic rings. The summed E-state index contributed by atoms with van der Waals surface area (Å²) in [5, 5.41) is 0. The van der Waals surface area contributed by atoms with Crippen molar-refractivity contribution in [3.05, 3.63) is 41.2 Å². The van der Waals surface area contributed by atoms with E-state index in [1.807, 2.05) is 0 Å². The number of allylic oxidation sites excluding steroid dienone is 1. The van der Waals surface area contributed by atoms with Crippen molar-refractivity contribution in [2.45, 2.75) is 51.6 Å². The van der Waals surface area contributed by atoms with Crippen LogP contribution in [0.5, 0.6) is 0 Å². The van der Waals surface area contributed by atoms with Crippen LogP contribution >= 0.6 is 0 Å². The maximum Gasteiger partial charge on any atom is 0.409 e.